The number of esters is 1. The topological polar surface area (TPSA) is 89.9 Å². The molecule has 0 aliphatic carbocycles. The third kappa shape index (κ3) is 20.3. The third-order valence-electron chi connectivity index (χ3n) is 3.02. The van der Waals surface area contributed by atoms with E-state index in [9.17, 15) is 13.2 Å². The van der Waals surface area contributed by atoms with Gasteiger partial charge >= 0.3 is 45.9 Å². The van der Waals surface area contributed by atoms with Gasteiger partial charge in [-0.2, -0.15) is 8.42 Å². The van der Waals surface area contributed by atoms with Crippen LogP contribution in [0.25, 0.3) is 0 Å². The van der Waals surface area contributed by atoms with Crippen molar-refractivity contribution in [3.63, 3.8) is 0 Å². The van der Waals surface area contributed by atoms with Gasteiger partial charge in [-0.15, -0.1) is 0 Å². The number of ether oxygens (including phenoxy) is 1. The van der Waals surface area contributed by atoms with E-state index in [1.165, 1.54) is 38.5 Å². The van der Waals surface area contributed by atoms with Crippen LogP contribution in [0.15, 0.2) is 0 Å². The van der Waals surface area contributed by atoms with Gasteiger partial charge in [0.1, 0.15) is 0 Å². The molecule has 0 saturated carbocycles. The molecule has 0 saturated heterocycles. The number of hydrogen-bond donors (Lipinski definition) is 1. The molecule has 22 heavy (non-hydrogen) atoms. The second-order valence-electron chi connectivity index (χ2n) is 5.05. The van der Waals surface area contributed by atoms with Crippen molar-refractivity contribution in [1.29, 1.82) is 0 Å². The fourth-order valence-electron chi connectivity index (χ4n) is 1.87. The van der Waals surface area contributed by atoms with Crippen molar-refractivity contribution >= 4 is 45.9 Å². The Morgan fingerprint density at radius 2 is 1.45 bits per heavy atom. The second kappa shape index (κ2) is 16.2. The normalized spacial score (nSPS) is 11.0. The number of rotatable bonds is 14. The fraction of sp³-hybridized carbons (Fsp3) is 0.929. The van der Waals surface area contributed by atoms with Crippen molar-refractivity contribution in [2.75, 3.05) is 13.2 Å². The van der Waals surface area contributed by atoms with E-state index in [2.05, 4.69) is 11.1 Å². The molecule has 0 aliphatic rings. The van der Waals surface area contributed by atoms with Crippen molar-refractivity contribution < 1.29 is 26.7 Å². The first-order valence-corrected chi connectivity index (χ1v) is 9.09. The Bertz CT molecular complexity index is 358. The molecule has 0 aliphatic heterocycles. The zero-order valence-corrected chi connectivity index (χ0v) is 13.7. The Labute approximate surface area is 156 Å². The maximum absolute atomic E-state index is 11.3. The summed E-state index contributed by atoms with van der Waals surface area (Å²) in [6.45, 7) is 2.39. The van der Waals surface area contributed by atoms with Crippen LogP contribution in [0.3, 0.4) is 0 Å². The summed E-state index contributed by atoms with van der Waals surface area (Å²) in [5, 5.41) is 0. The number of hydrogen-bond acceptors (Lipinski definition) is 5. The summed E-state index contributed by atoms with van der Waals surface area (Å²) in [6.07, 6.45) is 9.77. The Kier molecular flexibility index (Phi) is 18.1. The molecule has 0 aromatic carbocycles. The van der Waals surface area contributed by atoms with E-state index in [-0.39, 0.29) is 55.0 Å². The summed E-state index contributed by atoms with van der Waals surface area (Å²) in [6, 6.07) is 0. The van der Waals surface area contributed by atoms with Crippen LogP contribution in [-0.4, -0.2) is 61.7 Å². The Balaban J connectivity index is 0. The van der Waals surface area contributed by atoms with Gasteiger partial charge < -0.3 is 4.74 Å². The quantitative estimate of drug-likeness (QED) is 0.225. The summed E-state index contributed by atoms with van der Waals surface area (Å²) in [5.41, 5.74) is 0. The monoisotopic (exact) mass is 348 g/mol. The van der Waals surface area contributed by atoms with Gasteiger partial charge in [0.2, 0.25) is 0 Å². The van der Waals surface area contributed by atoms with Crippen LogP contribution < -0.4 is 0 Å². The van der Waals surface area contributed by atoms with Crippen LogP contribution in [0.2, 0.25) is 0 Å². The summed E-state index contributed by atoms with van der Waals surface area (Å²) < 4.78 is 37.9. The maximum atomic E-state index is 11.3. The van der Waals surface area contributed by atoms with E-state index >= 15 is 0 Å². The van der Waals surface area contributed by atoms with Crippen LogP contribution in [0.5, 0.6) is 0 Å². The molecule has 0 heterocycles. The molecule has 0 fully saturated rings. The van der Waals surface area contributed by atoms with Gasteiger partial charge in [0.25, 0.3) is 0 Å². The van der Waals surface area contributed by atoms with Gasteiger partial charge in [-0.05, 0) is 12.8 Å². The summed E-state index contributed by atoms with van der Waals surface area (Å²) in [7, 11) is -4.41. The molecule has 0 atom stereocenters. The molecule has 6 nitrogen and oxygen atoms in total. The van der Waals surface area contributed by atoms with Crippen LogP contribution in [-0.2, 0) is 24.1 Å². The van der Waals surface area contributed by atoms with Gasteiger partial charge in [0.15, 0.2) is 0 Å². The van der Waals surface area contributed by atoms with Gasteiger partial charge in [-0.1, -0.05) is 51.9 Å². The van der Waals surface area contributed by atoms with Crippen molar-refractivity contribution in [3.8, 4) is 0 Å². The minimum atomic E-state index is -4.41. The molecule has 1 N–H and O–H groups in total. The first kappa shape index (κ1) is 24.6. The predicted molar refractivity (Wildman–Crippen MR) is 87.5 cm³/mol. The molecule has 128 valence electrons. The predicted octanol–water partition coefficient (Wildman–Crippen LogP) is 2.62. The number of carbonyl (C=O) groups is 1. The third-order valence-corrected chi connectivity index (χ3v) is 3.48. The number of carbonyl (C=O) groups excluding carboxylic acids is 1. The SMILES string of the molecule is CCCCCCCCCCOC(=O)CCCOS(=O)(=O)O.[NaH]. The van der Waals surface area contributed by atoms with Crippen molar-refractivity contribution in [3.05, 3.63) is 0 Å². The van der Waals surface area contributed by atoms with Crippen LogP contribution in [0.1, 0.15) is 71.1 Å². The fourth-order valence-corrected chi connectivity index (χ4v) is 2.20. The van der Waals surface area contributed by atoms with E-state index in [0.29, 0.717) is 6.61 Å². The molecule has 0 aromatic heterocycles. The molecule has 0 spiro atoms. The van der Waals surface area contributed by atoms with Gasteiger partial charge in [-0.3, -0.25) is 9.35 Å². The van der Waals surface area contributed by atoms with Crippen molar-refractivity contribution in [2.45, 2.75) is 71.1 Å². The van der Waals surface area contributed by atoms with Gasteiger partial charge in [0, 0.05) is 6.42 Å². The zero-order valence-electron chi connectivity index (χ0n) is 12.9. The van der Waals surface area contributed by atoms with E-state index < -0.39 is 10.4 Å². The zero-order chi connectivity index (χ0) is 16.0. The Morgan fingerprint density at radius 1 is 0.909 bits per heavy atom. The van der Waals surface area contributed by atoms with Gasteiger partial charge in [0.05, 0.1) is 13.2 Å². The van der Waals surface area contributed by atoms with E-state index in [1.807, 2.05) is 0 Å². The first-order chi connectivity index (χ1) is 9.95. The first-order valence-electron chi connectivity index (χ1n) is 7.73. The average molecular weight is 348 g/mol. The molecule has 0 bridgehead atoms. The van der Waals surface area contributed by atoms with E-state index in [4.69, 9.17) is 9.29 Å². The standard InChI is InChI=1S/C14H28O6S.Na.H/c1-2-3-4-5-6-7-8-9-12-19-14(15)11-10-13-20-21(16,17)18;;/h2-13H2,1H3,(H,16,17,18);;. The number of unbranched alkanes of at least 4 members (excludes halogenated alkanes) is 7. The molecule has 8 heteroatoms. The molecular weight excluding hydrogens is 319 g/mol. The average Bonchev–Trinajstić information content (AvgIpc) is 2.41. The van der Waals surface area contributed by atoms with Crippen LogP contribution >= 0.6 is 0 Å². The molecule has 0 unspecified atom stereocenters. The summed E-state index contributed by atoms with van der Waals surface area (Å²) in [4.78, 5) is 11.3. The van der Waals surface area contributed by atoms with Gasteiger partial charge in [-0.25, -0.2) is 4.18 Å². The molecular formula is C14H29NaO6S. The summed E-state index contributed by atoms with van der Waals surface area (Å²) >= 11 is 0. The molecule has 0 radical (unpaired) electrons. The molecule has 0 aromatic rings. The van der Waals surface area contributed by atoms with Crippen molar-refractivity contribution in [1.82, 2.24) is 0 Å². The second-order valence-corrected chi connectivity index (χ2v) is 6.14. The minimum absolute atomic E-state index is 0. The van der Waals surface area contributed by atoms with E-state index in [0.717, 1.165) is 12.8 Å². The molecule has 0 amide bonds. The Morgan fingerprint density at radius 3 is 2.00 bits per heavy atom. The van der Waals surface area contributed by atoms with Crippen LogP contribution in [0, 0.1) is 0 Å². The molecule has 0 rings (SSSR count). The summed E-state index contributed by atoms with van der Waals surface area (Å²) in [5.74, 6) is -0.364. The van der Waals surface area contributed by atoms with Crippen molar-refractivity contribution in [2.24, 2.45) is 0 Å². The Hall–Kier alpha value is 0.340. The van der Waals surface area contributed by atoms with E-state index in [1.54, 1.807) is 0 Å². The van der Waals surface area contributed by atoms with Crippen LogP contribution in [0.4, 0.5) is 0 Å².